The van der Waals surface area contributed by atoms with E-state index < -0.39 is 16.1 Å². The Labute approximate surface area is 169 Å². The number of nitrogens with one attached hydrogen (secondary N) is 2. The maximum atomic E-state index is 13.7. The second-order valence-corrected chi connectivity index (χ2v) is 8.80. The predicted molar refractivity (Wildman–Crippen MR) is 109 cm³/mol. The Kier molecular flexibility index (Phi) is 6.51. The smallest absolute Gasteiger partial charge is 0.246 e. The number of carbonyl (C=O) groups is 1. The van der Waals surface area contributed by atoms with Crippen molar-refractivity contribution in [3.05, 3.63) is 53.8 Å². The molecule has 1 fully saturated rings. The Balaban J connectivity index is 1.68. The van der Waals surface area contributed by atoms with Crippen LogP contribution in [0.25, 0.3) is 0 Å². The molecule has 0 spiro atoms. The van der Waals surface area contributed by atoms with Crippen molar-refractivity contribution in [1.82, 2.24) is 4.31 Å². The summed E-state index contributed by atoms with van der Waals surface area (Å²) in [5.41, 5.74) is 1.37. The first-order valence-electron chi connectivity index (χ1n) is 9.29. The lowest BCUT2D eigenvalue weighted by Crippen LogP contribution is -2.40. The first-order valence-corrected chi connectivity index (χ1v) is 10.7. The first-order chi connectivity index (χ1) is 13.8. The molecule has 1 aliphatic rings. The van der Waals surface area contributed by atoms with E-state index in [9.17, 15) is 17.6 Å². The van der Waals surface area contributed by atoms with Gasteiger partial charge in [0.05, 0.1) is 18.1 Å². The first kappa shape index (κ1) is 21.2. The lowest BCUT2D eigenvalue weighted by Gasteiger charge is -2.26. The van der Waals surface area contributed by atoms with Crippen molar-refractivity contribution in [2.45, 2.75) is 24.8 Å². The van der Waals surface area contributed by atoms with Gasteiger partial charge in [0.25, 0.3) is 0 Å². The predicted octanol–water partition coefficient (Wildman–Crippen LogP) is 2.59. The average Bonchev–Trinajstić information content (AvgIpc) is 2.71. The molecule has 2 aromatic rings. The van der Waals surface area contributed by atoms with Crippen LogP contribution in [0.15, 0.2) is 47.4 Å². The van der Waals surface area contributed by atoms with Crippen LogP contribution < -0.4 is 10.6 Å². The number of hydrogen-bond donors (Lipinski definition) is 2. The Morgan fingerprint density at radius 2 is 1.86 bits per heavy atom. The molecule has 9 heteroatoms. The molecule has 0 aromatic heterocycles. The quantitative estimate of drug-likeness (QED) is 0.749. The Morgan fingerprint density at radius 1 is 1.14 bits per heavy atom. The van der Waals surface area contributed by atoms with Crippen LogP contribution in [0.1, 0.15) is 12.5 Å². The molecule has 156 valence electrons. The molecule has 3 rings (SSSR count). The Morgan fingerprint density at radius 3 is 2.55 bits per heavy atom. The number of morpholine rings is 1. The number of hydrogen-bond acceptors (Lipinski definition) is 5. The summed E-state index contributed by atoms with van der Waals surface area (Å²) >= 11 is 0. The second kappa shape index (κ2) is 8.89. The molecule has 7 nitrogen and oxygen atoms in total. The lowest BCUT2D eigenvalue weighted by molar-refractivity contribution is -0.116. The van der Waals surface area contributed by atoms with Crippen molar-refractivity contribution in [3.63, 3.8) is 0 Å². The van der Waals surface area contributed by atoms with Crippen molar-refractivity contribution >= 4 is 27.3 Å². The van der Waals surface area contributed by atoms with E-state index in [1.54, 1.807) is 38.1 Å². The zero-order valence-corrected chi connectivity index (χ0v) is 17.1. The minimum Gasteiger partial charge on any atom is -0.379 e. The molecule has 0 aliphatic carbocycles. The van der Waals surface area contributed by atoms with Crippen LogP contribution in [-0.4, -0.2) is 51.0 Å². The van der Waals surface area contributed by atoms with Gasteiger partial charge in [-0.1, -0.05) is 12.1 Å². The van der Waals surface area contributed by atoms with Crippen LogP contribution >= 0.6 is 0 Å². The highest BCUT2D eigenvalue weighted by molar-refractivity contribution is 7.89. The normalized spacial score (nSPS) is 16.2. The maximum absolute atomic E-state index is 13.7. The monoisotopic (exact) mass is 421 g/mol. The fraction of sp³-hybridized carbons (Fsp3) is 0.350. The van der Waals surface area contributed by atoms with Gasteiger partial charge in [-0.3, -0.25) is 4.79 Å². The number of ether oxygens (including phenoxy) is 1. The summed E-state index contributed by atoms with van der Waals surface area (Å²) in [7, 11) is -3.65. The van der Waals surface area contributed by atoms with E-state index in [1.165, 1.54) is 22.5 Å². The van der Waals surface area contributed by atoms with E-state index in [0.29, 0.717) is 43.2 Å². The molecule has 2 N–H and O–H groups in total. The number of rotatable bonds is 6. The number of amides is 1. The molecule has 1 atom stereocenters. The zero-order valence-electron chi connectivity index (χ0n) is 16.3. The molecule has 29 heavy (non-hydrogen) atoms. The van der Waals surface area contributed by atoms with Crippen molar-refractivity contribution in [1.29, 1.82) is 0 Å². The molecular weight excluding hydrogens is 397 g/mol. The average molecular weight is 421 g/mol. The maximum Gasteiger partial charge on any atom is 0.246 e. The van der Waals surface area contributed by atoms with Crippen LogP contribution in [0.4, 0.5) is 15.8 Å². The van der Waals surface area contributed by atoms with Crippen molar-refractivity contribution in [2.24, 2.45) is 0 Å². The third-order valence-corrected chi connectivity index (χ3v) is 6.55. The van der Waals surface area contributed by atoms with E-state index in [0.717, 1.165) is 0 Å². The highest BCUT2D eigenvalue weighted by Gasteiger charge is 2.26. The van der Waals surface area contributed by atoms with Gasteiger partial charge in [-0.2, -0.15) is 4.31 Å². The van der Waals surface area contributed by atoms with Crippen molar-refractivity contribution in [2.75, 3.05) is 36.9 Å². The van der Waals surface area contributed by atoms with Crippen molar-refractivity contribution in [3.8, 4) is 0 Å². The zero-order chi connectivity index (χ0) is 21.0. The van der Waals surface area contributed by atoms with Gasteiger partial charge in [-0.15, -0.1) is 0 Å². The van der Waals surface area contributed by atoms with Crippen LogP contribution in [0, 0.1) is 12.7 Å². The number of anilines is 2. The molecule has 2 aromatic carbocycles. The van der Waals surface area contributed by atoms with Crippen LogP contribution in [0.3, 0.4) is 0 Å². The fourth-order valence-corrected chi connectivity index (χ4v) is 4.37. The van der Waals surface area contributed by atoms with Gasteiger partial charge < -0.3 is 15.4 Å². The fourth-order valence-electron chi connectivity index (χ4n) is 2.92. The summed E-state index contributed by atoms with van der Waals surface area (Å²) in [5.74, 6) is -0.726. The van der Waals surface area contributed by atoms with Gasteiger partial charge in [-0.05, 0) is 49.7 Å². The third-order valence-electron chi connectivity index (χ3n) is 4.66. The van der Waals surface area contributed by atoms with E-state index in [2.05, 4.69) is 10.6 Å². The minimum atomic E-state index is -3.65. The Hall–Kier alpha value is -2.49. The minimum absolute atomic E-state index is 0.110. The van der Waals surface area contributed by atoms with Gasteiger partial charge in [0.15, 0.2) is 0 Å². The number of nitrogens with zero attached hydrogens (tertiary/aromatic N) is 1. The van der Waals surface area contributed by atoms with Gasteiger partial charge in [-0.25, -0.2) is 12.8 Å². The van der Waals surface area contributed by atoms with Gasteiger partial charge in [0.1, 0.15) is 11.9 Å². The number of benzene rings is 2. The summed E-state index contributed by atoms with van der Waals surface area (Å²) in [6.45, 7) is 4.62. The van der Waals surface area contributed by atoms with E-state index in [4.69, 9.17) is 4.74 Å². The largest absolute Gasteiger partial charge is 0.379 e. The van der Waals surface area contributed by atoms with E-state index >= 15 is 0 Å². The number of halogens is 1. The number of aryl methyl sites for hydroxylation is 1. The summed E-state index contributed by atoms with van der Waals surface area (Å²) < 4.78 is 45.8. The van der Waals surface area contributed by atoms with Crippen LogP contribution in [0.5, 0.6) is 0 Å². The van der Waals surface area contributed by atoms with Crippen LogP contribution in [0.2, 0.25) is 0 Å². The third kappa shape index (κ3) is 5.11. The summed E-state index contributed by atoms with van der Waals surface area (Å²) in [5, 5.41) is 5.63. The van der Waals surface area contributed by atoms with Gasteiger partial charge in [0, 0.05) is 24.5 Å². The van der Waals surface area contributed by atoms with Gasteiger partial charge in [0.2, 0.25) is 15.9 Å². The standard InChI is InChI=1S/C20H24FN3O4S/c1-14-6-7-17(13-19(14)21)22-15(2)20(25)23-16-4-3-5-18(12-16)29(26,27)24-8-10-28-11-9-24/h3-7,12-13,15,22H,8-11H2,1-2H3,(H,23,25)/t15-/m0/s1. The number of carbonyl (C=O) groups excluding carboxylic acids is 1. The molecule has 0 radical (unpaired) electrons. The SMILES string of the molecule is Cc1ccc(N[C@@H](C)C(=O)Nc2cccc(S(=O)(=O)N3CCOCC3)c2)cc1F. The second-order valence-electron chi connectivity index (χ2n) is 6.86. The van der Waals surface area contributed by atoms with Crippen molar-refractivity contribution < 1.29 is 22.3 Å². The highest BCUT2D eigenvalue weighted by atomic mass is 32.2. The molecule has 0 bridgehead atoms. The lowest BCUT2D eigenvalue weighted by atomic mass is 10.2. The Bertz CT molecular complexity index is 991. The number of sulfonamides is 1. The molecular formula is C20H24FN3O4S. The summed E-state index contributed by atoms with van der Waals surface area (Å²) in [6.07, 6.45) is 0. The van der Waals surface area contributed by atoms with Crippen LogP contribution in [-0.2, 0) is 19.6 Å². The molecule has 0 unspecified atom stereocenters. The summed E-state index contributed by atoms with van der Waals surface area (Å²) in [4.78, 5) is 12.6. The molecule has 1 amide bonds. The molecule has 1 saturated heterocycles. The van der Waals surface area contributed by atoms with E-state index in [1.807, 2.05) is 0 Å². The van der Waals surface area contributed by atoms with Gasteiger partial charge >= 0.3 is 0 Å². The molecule has 1 aliphatic heterocycles. The van der Waals surface area contributed by atoms with E-state index in [-0.39, 0.29) is 16.6 Å². The molecule has 1 heterocycles. The topological polar surface area (TPSA) is 87.7 Å². The molecule has 0 saturated carbocycles. The summed E-state index contributed by atoms with van der Waals surface area (Å²) in [6, 6.07) is 10.1. The highest BCUT2D eigenvalue weighted by Crippen LogP contribution is 2.21.